The van der Waals surface area contributed by atoms with Gasteiger partial charge in [0.05, 0.1) is 30.2 Å². The summed E-state index contributed by atoms with van der Waals surface area (Å²) >= 11 is 1.13. The molecule has 2 amide bonds. The average molecular weight is 248 g/mol. The molecule has 0 saturated heterocycles. The van der Waals surface area contributed by atoms with Crippen LogP contribution in [0.1, 0.15) is 5.69 Å². The predicted octanol–water partition coefficient (Wildman–Crippen LogP) is 1.88. The maximum Gasteiger partial charge on any atom is 0.321 e. The molecular weight excluding hydrogens is 236 g/mol. The molecule has 1 heterocycles. The second-order valence-electron chi connectivity index (χ2n) is 3.45. The van der Waals surface area contributed by atoms with Gasteiger partial charge in [-0.2, -0.15) is 8.75 Å². The summed E-state index contributed by atoms with van der Waals surface area (Å²) in [6, 6.07) is 9.29. The summed E-state index contributed by atoms with van der Waals surface area (Å²) in [6.45, 7) is 0.395. The van der Waals surface area contributed by atoms with Gasteiger partial charge in [-0.05, 0) is 12.1 Å². The van der Waals surface area contributed by atoms with E-state index < -0.39 is 0 Å². The SMILES string of the molecule is CN(C(=O)NCc1cnsn1)c1ccccc1. The predicted molar refractivity (Wildman–Crippen MR) is 67.0 cm³/mol. The quantitative estimate of drug-likeness (QED) is 0.902. The van der Waals surface area contributed by atoms with Gasteiger partial charge in [-0.25, -0.2) is 4.79 Å². The number of anilines is 1. The van der Waals surface area contributed by atoms with Crippen LogP contribution < -0.4 is 10.2 Å². The Kier molecular flexibility index (Phi) is 3.66. The van der Waals surface area contributed by atoms with Gasteiger partial charge in [-0.3, -0.25) is 4.90 Å². The standard InChI is InChI=1S/C11H12N4OS/c1-15(10-5-3-2-4-6-10)11(16)12-7-9-8-13-17-14-9/h2-6,8H,7H2,1H3,(H,12,16). The molecule has 1 aromatic heterocycles. The molecule has 88 valence electrons. The van der Waals surface area contributed by atoms with Crippen LogP contribution in [0.15, 0.2) is 36.5 Å². The van der Waals surface area contributed by atoms with Crippen LogP contribution in [0, 0.1) is 0 Å². The summed E-state index contributed by atoms with van der Waals surface area (Å²) in [5, 5.41) is 2.77. The molecule has 0 aliphatic carbocycles. The molecule has 0 fully saturated rings. The maximum absolute atomic E-state index is 11.8. The van der Waals surface area contributed by atoms with E-state index in [4.69, 9.17) is 0 Å². The molecule has 2 rings (SSSR count). The first-order valence-corrected chi connectivity index (χ1v) is 5.83. The fraction of sp³-hybridized carbons (Fsp3) is 0.182. The Morgan fingerprint density at radius 1 is 1.41 bits per heavy atom. The van der Waals surface area contributed by atoms with Crippen LogP contribution in [-0.2, 0) is 6.54 Å². The van der Waals surface area contributed by atoms with Crippen LogP contribution in [0.25, 0.3) is 0 Å². The number of rotatable bonds is 3. The first kappa shape index (κ1) is 11.5. The van der Waals surface area contributed by atoms with Crippen LogP contribution >= 0.6 is 11.7 Å². The van der Waals surface area contributed by atoms with Crippen molar-refractivity contribution in [1.82, 2.24) is 14.1 Å². The molecule has 2 aromatic rings. The summed E-state index contributed by atoms with van der Waals surface area (Å²) in [4.78, 5) is 13.4. The molecule has 17 heavy (non-hydrogen) atoms. The molecule has 6 heteroatoms. The summed E-state index contributed by atoms with van der Waals surface area (Å²) in [7, 11) is 1.73. The van der Waals surface area contributed by atoms with Crippen molar-refractivity contribution in [3.05, 3.63) is 42.2 Å². The van der Waals surface area contributed by atoms with Gasteiger partial charge in [0.25, 0.3) is 0 Å². The number of aromatic nitrogens is 2. The summed E-state index contributed by atoms with van der Waals surface area (Å²) in [5.41, 5.74) is 1.62. The van der Waals surface area contributed by atoms with Crippen LogP contribution in [0.2, 0.25) is 0 Å². The minimum atomic E-state index is -0.163. The number of amides is 2. The summed E-state index contributed by atoms with van der Waals surface area (Å²) in [6.07, 6.45) is 1.65. The van der Waals surface area contributed by atoms with Gasteiger partial charge in [0.15, 0.2) is 0 Å². The minimum absolute atomic E-state index is 0.163. The molecule has 0 saturated carbocycles. The molecule has 0 unspecified atom stereocenters. The van der Waals surface area contributed by atoms with Crippen molar-refractivity contribution in [3.63, 3.8) is 0 Å². The van der Waals surface area contributed by atoms with Crippen molar-refractivity contribution < 1.29 is 4.79 Å². The normalized spacial score (nSPS) is 9.94. The van der Waals surface area contributed by atoms with E-state index in [1.54, 1.807) is 18.1 Å². The Labute approximate surface area is 103 Å². The van der Waals surface area contributed by atoms with Gasteiger partial charge < -0.3 is 5.32 Å². The number of nitrogens with one attached hydrogen (secondary N) is 1. The number of nitrogens with zero attached hydrogens (tertiary/aromatic N) is 3. The Morgan fingerprint density at radius 2 is 2.18 bits per heavy atom. The van der Waals surface area contributed by atoms with Crippen LogP contribution in [0.4, 0.5) is 10.5 Å². The highest BCUT2D eigenvalue weighted by molar-refractivity contribution is 6.99. The van der Waals surface area contributed by atoms with Crippen molar-refractivity contribution in [2.75, 3.05) is 11.9 Å². The number of carbonyl (C=O) groups is 1. The topological polar surface area (TPSA) is 58.1 Å². The van der Waals surface area contributed by atoms with Gasteiger partial charge >= 0.3 is 6.03 Å². The smallest absolute Gasteiger partial charge is 0.321 e. The molecule has 5 nitrogen and oxygen atoms in total. The van der Waals surface area contributed by atoms with Crippen LogP contribution in [0.3, 0.4) is 0 Å². The lowest BCUT2D eigenvalue weighted by atomic mass is 10.3. The van der Waals surface area contributed by atoms with Gasteiger partial charge in [0, 0.05) is 12.7 Å². The minimum Gasteiger partial charge on any atom is -0.332 e. The zero-order valence-corrected chi connectivity index (χ0v) is 10.1. The van der Waals surface area contributed by atoms with E-state index in [9.17, 15) is 4.79 Å². The van der Waals surface area contributed by atoms with E-state index in [0.29, 0.717) is 6.54 Å². The molecule has 0 spiro atoms. The highest BCUT2D eigenvalue weighted by atomic mass is 32.1. The third kappa shape index (κ3) is 3.01. The lowest BCUT2D eigenvalue weighted by Gasteiger charge is -2.17. The van der Waals surface area contributed by atoms with Crippen molar-refractivity contribution >= 4 is 23.4 Å². The maximum atomic E-state index is 11.8. The van der Waals surface area contributed by atoms with E-state index in [1.807, 2.05) is 30.3 Å². The number of benzene rings is 1. The van der Waals surface area contributed by atoms with Gasteiger partial charge in [0.1, 0.15) is 0 Å². The zero-order chi connectivity index (χ0) is 12.1. The fourth-order valence-electron chi connectivity index (χ4n) is 1.32. The monoisotopic (exact) mass is 248 g/mol. The molecular formula is C11H12N4OS. The Morgan fingerprint density at radius 3 is 2.82 bits per heavy atom. The van der Waals surface area contributed by atoms with Crippen molar-refractivity contribution in [1.29, 1.82) is 0 Å². The summed E-state index contributed by atoms with van der Waals surface area (Å²) < 4.78 is 7.89. The average Bonchev–Trinajstić information content (AvgIpc) is 2.89. The number of para-hydroxylation sites is 1. The Balaban J connectivity index is 1.92. The highest BCUT2D eigenvalue weighted by Gasteiger charge is 2.09. The number of carbonyl (C=O) groups excluding carboxylic acids is 1. The second kappa shape index (κ2) is 5.40. The third-order valence-electron chi connectivity index (χ3n) is 2.28. The van der Waals surface area contributed by atoms with Crippen LogP contribution in [-0.4, -0.2) is 21.8 Å². The van der Waals surface area contributed by atoms with Crippen LogP contribution in [0.5, 0.6) is 0 Å². The molecule has 0 aliphatic rings. The Bertz CT molecular complexity index is 471. The van der Waals surface area contributed by atoms with Crippen molar-refractivity contribution in [2.45, 2.75) is 6.54 Å². The highest BCUT2D eigenvalue weighted by Crippen LogP contribution is 2.10. The van der Waals surface area contributed by atoms with Crippen molar-refractivity contribution in [3.8, 4) is 0 Å². The number of hydrogen-bond acceptors (Lipinski definition) is 4. The van der Waals surface area contributed by atoms with E-state index >= 15 is 0 Å². The summed E-state index contributed by atoms with van der Waals surface area (Å²) in [5.74, 6) is 0. The van der Waals surface area contributed by atoms with Gasteiger partial charge in [-0.15, -0.1) is 0 Å². The second-order valence-corrected chi connectivity index (χ2v) is 4.01. The molecule has 0 radical (unpaired) electrons. The van der Waals surface area contributed by atoms with Crippen molar-refractivity contribution in [2.24, 2.45) is 0 Å². The molecule has 0 atom stereocenters. The van der Waals surface area contributed by atoms with Gasteiger partial charge in [-0.1, -0.05) is 18.2 Å². The number of urea groups is 1. The number of hydrogen-bond donors (Lipinski definition) is 1. The molecule has 0 bridgehead atoms. The van der Waals surface area contributed by atoms with Gasteiger partial charge in [0.2, 0.25) is 0 Å². The third-order valence-corrected chi connectivity index (χ3v) is 2.79. The molecule has 0 aliphatic heterocycles. The zero-order valence-electron chi connectivity index (χ0n) is 9.33. The van der Waals surface area contributed by atoms with E-state index in [-0.39, 0.29) is 6.03 Å². The first-order chi connectivity index (χ1) is 8.27. The fourth-order valence-corrected chi connectivity index (χ4v) is 1.75. The molecule has 1 aromatic carbocycles. The first-order valence-electron chi connectivity index (χ1n) is 5.10. The lowest BCUT2D eigenvalue weighted by Crippen LogP contribution is -2.36. The largest absolute Gasteiger partial charge is 0.332 e. The molecule has 1 N–H and O–H groups in total. The van der Waals surface area contributed by atoms with E-state index in [1.165, 1.54) is 0 Å². The lowest BCUT2D eigenvalue weighted by molar-refractivity contribution is 0.247. The van der Waals surface area contributed by atoms with E-state index in [2.05, 4.69) is 14.1 Å². The van der Waals surface area contributed by atoms with E-state index in [0.717, 1.165) is 23.1 Å². The Hall–Kier alpha value is -1.95.